The van der Waals surface area contributed by atoms with Gasteiger partial charge in [-0.1, -0.05) is 6.07 Å². The molecule has 1 aromatic heterocycles. The van der Waals surface area contributed by atoms with Crippen molar-refractivity contribution < 1.29 is 9.84 Å². The van der Waals surface area contributed by atoms with E-state index in [0.717, 1.165) is 30.7 Å². The molecule has 0 bridgehead atoms. The van der Waals surface area contributed by atoms with E-state index in [1.54, 1.807) is 7.11 Å². The minimum absolute atomic E-state index is 0.0329. The molecule has 1 aliphatic carbocycles. The Morgan fingerprint density at radius 1 is 1.26 bits per heavy atom. The van der Waals surface area contributed by atoms with Crippen molar-refractivity contribution in [3.8, 4) is 5.75 Å². The van der Waals surface area contributed by atoms with Crippen LogP contribution in [0.1, 0.15) is 36.6 Å². The first-order valence-corrected chi connectivity index (χ1v) is 7.12. The van der Waals surface area contributed by atoms with Crippen LogP contribution in [0.25, 0.3) is 10.9 Å². The fourth-order valence-corrected chi connectivity index (χ4v) is 3.45. The first kappa shape index (κ1) is 12.5. The Labute approximate surface area is 113 Å². The topological polar surface area (TPSA) is 34.4 Å². The molecule has 0 radical (unpaired) electrons. The number of fused-ring (bicyclic) bond motifs is 3. The Kier molecular flexibility index (Phi) is 3.23. The van der Waals surface area contributed by atoms with Crippen LogP contribution in [-0.4, -0.2) is 16.8 Å². The largest absolute Gasteiger partial charge is 0.496 e. The van der Waals surface area contributed by atoms with Crippen LogP contribution in [0.15, 0.2) is 12.1 Å². The normalized spacial score (nSPS) is 14.7. The molecule has 19 heavy (non-hydrogen) atoms. The number of ether oxygens (including phenoxy) is 1. The van der Waals surface area contributed by atoms with Crippen LogP contribution in [0.3, 0.4) is 0 Å². The third-order valence-electron chi connectivity index (χ3n) is 4.27. The molecule has 0 amide bonds. The van der Waals surface area contributed by atoms with E-state index in [0.29, 0.717) is 0 Å². The highest BCUT2D eigenvalue weighted by atomic mass is 16.5. The number of aromatic nitrogens is 1. The minimum atomic E-state index is 0.0329. The molecule has 0 spiro atoms. The second-order valence-electron chi connectivity index (χ2n) is 5.19. The highest BCUT2D eigenvalue weighted by Gasteiger charge is 2.23. The van der Waals surface area contributed by atoms with Gasteiger partial charge in [-0.15, -0.1) is 0 Å². The van der Waals surface area contributed by atoms with Gasteiger partial charge in [0.25, 0.3) is 0 Å². The third-order valence-corrected chi connectivity index (χ3v) is 4.27. The predicted octanol–water partition coefficient (Wildman–Crippen LogP) is 3.04. The molecule has 3 nitrogen and oxygen atoms in total. The van der Waals surface area contributed by atoms with E-state index in [1.807, 2.05) is 6.07 Å². The van der Waals surface area contributed by atoms with E-state index in [-0.39, 0.29) is 6.61 Å². The zero-order chi connectivity index (χ0) is 13.4. The summed E-state index contributed by atoms with van der Waals surface area (Å²) in [6.45, 7) is 3.22. The van der Waals surface area contributed by atoms with Crippen molar-refractivity contribution in [2.75, 3.05) is 7.11 Å². The van der Waals surface area contributed by atoms with Crippen LogP contribution >= 0.6 is 0 Å². The van der Waals surface area contributed by atoms with Gasteiger partial charge in [-0.3, -0.25) is 0 Å². The first-order chi connectivity index (χ1) is 9.31. The van der Waals surface area contributed by atoms with Crippen LogP contribution in [0.5, 0.6) is 5.75 Å². The van der Waals surface area contributed by atoms with Crippen molar-refractivity contribution in [1.29, 1.82) is 0 Å². The number of rotatable bonds is 3. The zero-order valence-corrected chi connectivity index (χ0v) is 11.7. The molecular formula is C16H21NO2. The lowest BCUT2D eigenvalue weighted by atomic mass is 9.94. The summed E-state index contributed by atoms with van der Waals surface area (Å²) in [5.74, 6) is 0.866. The number of aliphatic hydroxyl groups excluding tert-OH is 1. The molecular weight excluding hydrogens is 238 g/mol. The number of methoxy groups -OCH3 is 1. The molecule has 102 valence electrons. The van der Waals surface area contributed by atoms with Crippen LogP contribution in [0.2, 0.25) is 0 Å². The van der Waals surface area contributed by atoms with E-state index in [1.165, 1.54) is 35.0 Å². The van der Waals surface area contributed by atoms with Gasteiger partial charge in [-0.2, -0.15) is 0 Å². The maximum atomic E-state index is 9.49. The third kappa shape index (κ3) is 1.76. The van der Waals surface area contributed by atoms with Gasteiger partial charge >= 0.3 is 0 Å². The number of aryl methyl sites for hydroxylation is 2. The zero-order valence-electron chi connectivity index (χ0n) is 11.7. The fraction of sp³-hybridized carbons (Fsp3) is 0.500. The summed E-state index contributed by atoms with van der Waals surface area (Å²) >= 11 is 0. The van der Waals surface area contributed by atoms with Crippen LogP contribution in [0, 0.1) is 0 Å². The molecule has 3 heteroatoms. The fourth-order valence-electron chi connectivity index (χ4n) is 3.45. The van der Waals surface area contributed by atoms with E-state index in [4.69, 9.17) is 4.74 Å². The van der Waals surface area contributed by atoms with Crippen LogP contribution in [0.4, 0.5) is 0 Å². The molecule has 0 atom stereocenters. The number of hydrogen-bond acceptors (Lipinski definition) is 2. The molecule has 3 rings (SSSR count). The maximum absolute atomic E-state index is 9.49. The number of hydrogen-bond donors (Lipinski definition) is 1. The van der Waals surface area contributed by atoms with Gasteiger partial charge in [0.1, 0.15) is 5.75 Å². The summed E-state index contributed by atoms with van der Waals surface area (Å²) in [4.78, 5) is 0. The van der Waals surface area contributed by atoms with E-state index in [9.17, 15) is 5.11 Å². The van der Waals surface area contributed by atoms with Crippen LogP contribution in [-0.2, 0) is 26.0 Å². The lowest BCUT2D eigenvalue weighted by molar-refractivity contribution is 0.274. The SMILES string of the molecule is CCn1c2c(c3c(OC)c(CO)ccc31)CCCC2. The van der Waals surface area contributed by atoms with E-state index >= 15 is 0 Å². The molecule has 1 aliphatic rings. The molecule has 0 aliphatic heterocycles. The molecule has 0 unspecified atom stereocenters. The summed E-state index contributed by atoms with van der Waals surface area (Å²) < 4.78 is 8.01. The Balaban J connectivity index is 2.39. The lowest BCUT2D eigenvalue weighted by Gasteiger charge is -2.14. The molecule has 0 fully saturated rings. The van der Waals surface area contributed by atoms with Gasteiger partial charge in [0, 0.05) is 23.2 Å². The summed E-state index contributed by atoms with van der Waals surface area (Å²) in [6, 6.07) is 4.12. The average molecular weight is 259 g/mol. The molecule has 1 N–H and O–H groups in total. The summed E-state index contributed by atoms with van der Waals surface area (Å²) in [5.41, 5.74) is 5.05. The van der Waals surface area contributed by atoms with E-state index in [2.05, 4.69) is 17.6 Å². The maximum Gasteiger partial charge on any atom is 0.134 e. The van der Waals surface area contributed by atoms with Crippen molar-refractivity contribution in [3.63, 3.8) is 0 Å². The average Bonchev–Trinajstić information content (AvgIpc) is 2.79. The van der Waals surface area contributed by atoms with Crippen molar-refractivity contribution in [1.82, 2.24) is 4.57 Å². The summed E-state index contributed by atoms with van der Waals surface area (Å²) in [7, 11) is 1.70. The van der Waals surface area contributed by atoms with Crippen LogP contribution < -0.4 is 4.74 Å². The van der Waals surface area contributed by atoms with Gasteiger partial charge in [0.05, 0.1) is 19.2 Å². The summed E-state index contributed by atoms with van der Waals surface area (Å²) in [5, 5.41) is 10.7. The Bertz CT molecular complexity index is 613. The molecule has 2 aromatic rings. The van der Waals surface area contributed by atoms with Crippen molar-refractivity contribution in [3.05, 3.63) is 29.0 Å². The molecule has 0 saturated carbocycles. The number of benzene rings is 1. The quantitative estimate of drug-likeness (QED) is 0.919. The second kappa shape index (κ2) is 4.89. The second-order valence-corrected chi connectivity index (χ2v) is 5.19. The van der Waals surface area contributed by atoms with Gasteiger partial charge in [-0.05, 0) is 44.2 Å². The molecule has 0 saturated heterocycles. The number of nitrogens with zero attached hydrogens (tertiary/aromatic N) is 1. The van der Waals surface area contributed by atoms with Gasteiger partial charge in [0.2, 0.25) is 0 Å². The molecule has 1 aromatic carbocycles. The first-order valence-electron chi connectivity index (χ1n) is 7.12. The highest BCUT2D eigenvalue weighted by molar-refractivity contribution is 5.92. The Hall–Kier alpha value is -1.48. The van der Waals surface area contributed by atoms with E-state index < -0.39 is 0 Å². The Morgan fingerprint density at radius 3 is 2.74 bits per heavy atom. The minimum Gasteiger partial charge on any atom is -0.496 e. The van der Waals surface area contributed by atoms with Crippen molar-refractivity contribution in [2.24, 2.45) is 0 Å². The highest BCUT2D eigenvalue weighted by Crippen LogP contribution is 2.39. The smallest absolute Gasteiger partial charge is 0.134 e. The lowest BCUT2D eigenvalue weighted by Crippen LogP contribution is -2.07. The summed E-state index contributed by atoms with van der Waals surface area (Å²) in [6.07, 6.45) is 4.82. The predicted molar refractivity (Wildman–Crippen MR) is 76.7 cm³/mol. The standard InChI is InChI=1S/C16H21NO2/c1-3-17-13-7-5-4-6-12(13)15-14(17)9-8-11(10-18)16(15)19-2/h8-9,18H,3-7,10H2,1-2H3. The Morgan fingerprint density at radius 2 is 2.05 bits per heavy atom. The van der Waals surface area contributed by atoms with Gasteiger partial charge < -0.3 is 14.4 Å². The van der Waals surface area contributed by atoms with Gasteiger partial charge in [0.15, 0.2) is 0 Å². The van der Waals surface area contributed by atoms with Gasteiger partial charge in [-0.25, -0.2) is 0 Å². The number of aliphatic hydroxyl groups is 1. The molecule has 1 heterocycles. The van der Waals surface area contributed by atoms with Crippen molar-refractivity contribution in [2.45, 2.75) is 45.8 Å². The van der Waals surface area contributed by atoms with Crippen molar-refractivity contribution >= 4 is 10.9 Å². The monoisotopic (exact) mass is 259 g/mol.